The zero-order valence-corrected chi connectivity index (χ0v) is 8.53. The fraction of sp³-hybridized carbons (Fsp3) is 0.364. The fourth-order valence-electron chi connectivity index (χ4n) is 1.35. The first-order valence-corrected chi connectivity index (χ1v) is 4.48. The number of hydrogen-bond acceptors (Lipinski definition) is 3. The van der Waals surface area contributed by atoms with Crippen LogP contribution in [0.2, 0.25) is 0 Å². The van der Waals surface area contributed by atoms with Crippen molar-refractivity contribution in [3.63, 3.8) is 0 Å². The molecule has 0 saturated heterocycles. The summed E-state index contributed by atoms with van der Waals surface area (Å²) < 4.78 is 0. The molecule has 0 unspecified atom stereocenters. The zero-order valence-electron chi connectivity index (χ0n) is 8.53. The van der Waals surface area contributed by atoms with Crippen LogP contribution in [0.5, 0.6) is 5.75 Å². The number of phenolic OH excluding ortho intramolecular Hbond substituents is 1. The van der Waals surface area contributed by atoms with Crippen molar-refractivity contribution >= 4 is 11.8 Å². The molecule has 0 aliphatic heterocycles. The Labute approximate surface area is 83.1 Å². The second-order valence-corrected chi connectivity index (χ2v) is 3.53. The molecule has 0 aliphatic carbocycles. The van der Waals surface area contributed by atoms with Crippen LogP contribution in [-0.2, 0) is 4.79 Å². The molecule has 0 aromatic heterocycles. The molecule has 14 heavy (non-hydrogen) atoms. The molecular weight excluding hydrogens is 178 g/mol. The first-order valence-electron chi connectivity index (χ1n) is 4.48. The van der Waals surface area contributed by atoms with Crippen LogP contribution in [0.15, 0.2) is 17.1 Å². The van der Waals surface area contributed by atoms with Gasteiger partial charge in [-0.15, -0.1) is 0 Å². The van der Waals surface area contributed by atoms with Crippen molar-refractivity contribution in [1.82, 2.24) is 0 Å². The molecule has 0 heterocycles. The third-order valence-electron chi connectivity index (χ3n) is 2.16. The smallest absolute Gasteiger partial charge is 0.240 e. The van der Waals surface area contributed by atoms with Gasteiger partial charge >= 0.3 is 0 Å². The van der Waals surface area contributed by atoms with Gasteiger partial charge in [-0.1, -0.05) is 26.0 Å². The van der Waals surface area contributed by atoms with E-state index in [1.165, 1.54) is 6.08 Å². The van der Waals surface area contributed by atoms with E-state index in [1.807, 2.05) is 26.0 Å². The first kappa shape index (κ1) is 10.5. The Morgan fingerprint density at radius 2 is 2.07 bits per heavy atom. The van der Waals surface area contributed by atoms with Gasteiger partial charge in [0, 0.05) is 0 Å². The van der Waals surface area contributed by atoms with Gasteiger partial charge in [0.2, 0.25) is 6.08 Å². The minimum Gasteiger partial charge on any atom is -0.505 e. The molecule has 1 aromatic rings. The average molecular weight is 191 g/mol. The van der Waals surface area contributed by atoms with Crippen molar-refractivity contribution in [2.75, 3.05) is 0 Å². The van der Waals surface area contributed by atoms with Gasteiger partial charge in [0.1, 0.15) is 11.4 Å². The van der Waals surface area contributed by atoms with Crippen molar-refractivity contribution in [2.24, 2.45) is 4.99 Å². The molecule has 3 heteroatoms. The number of aliphatic imine (C=N–C) groups is 1. The van der Waals surface area contributed by atoms with E-state index in [2.05, 4.69) is 4.99 Å². The van der Waals surface area contributed by atoms with Crippen LogP contribution in [0.1, 0.15) is 30.9 Å². The summed E-state index contributed by atoms with van der Waals surface area (Å²) in [5.41, 5.74) is 1.89. The normalized spacial score (nSPS) is 10.0. The Kier molecular flexibility index (Phi) is 3.05. The lowest BCUT2D eigenvalue weighted by molar-refractivity contribution is 0.466. The maximum Gasteiger partial charge on any atom is 0.240 e. The lowest BCUT2D eigenvalue weighted by Crippen LogP contribution is -1.89. The third-order valence-corrected chi connectivity index (χ3v) is 2.16. The van der Waals surface area contributed by atoms with Gasteiger partial charge in [-0.25, -0.2) is 4.79 Å². The predicted molar refractivity (Wildman–Crippen MR) is 54.7 cm³/mol. The highest BCUT2D eigenvalue weighted by atomic mass is 16.3. The van der Waals surface area contributed by atoms with Crippen LogP contribution in [0, 0.1) is 6.92 Å². The molecule has 0 fully saturated rings. The molecule has 1 N–H and O–H groups in total. The minimum atomic E-state index is 0.0864. The Morgan fingerprint density at radius 3 is 2.57 bits per heavy atom. The average Bonchev–Trinajstić information content (AvgIpc) is 2.11. The first-order chi connectivity index (χ1) is 6.57. The van der Waals surface area contributed by atoms with Crippen LogP contribution >= 0.6 is 0 Å². The number of benzene rings is 1. The van der Waals surface area contributed by atoms with Crippen LogP contribution in [0.4, 0.5) is 5.69 Å². The van der Waals surface area contributed by atoms with Gasteiger partial charge < -0.3 is 5.11 Å². The summed E-state index contributed by atoms with van der Waals surface area (Å²) in [6.45, 7) is 5.73. The molecule has 0 saturated carbocycles. The van der Waals surface area contributed by atoms with E-state index in [1.54, 1.807) is 6.92 Å². The number of aromatic hydroxyl groups is 1. The summed E-state index contributed by atoms with van der Waals surface area (Å²) in [5.74, 6) is 0.291. The van der Waals surface area contributed by atoms with Gasteiger partial charge in [-0.2, -0.15) is 4.99 Å². The molecule has 3 nitrogen and oxygen atoms in total. The summed E-state index contributed by atoms with van der Waals surface area (Å²) in [4.78, 5) is 13.7. The highest BCUT2D eigenvalue weighted by molar-refractivity contribution is 5.64. The second-order valence-electron chi connectivity index (χ2n) is 3.53. The van der Waals surface area contributed by atoms with Crippen LogP contribution < -0.4 is 0 Å². The number of nitrogens with zero attached hydrogens (tertiary/aromatic N) is 1. The molecule has 0 amide bonds. The van der Waals surface area contributed by atoms with E-state index in [0.29, 0.717) is 5.69 Å². The quantitative estimate of drug-likeness (QED) is 0.577. The van der Waals surface area contributed by atoms with Crippen LogP contribution in [0.25, 0.3) is 0 Å². The molecular formula is C11H13NO2. The number of carbonyl (C=O) groups excluding carboxylic acids is 1. The van der Waals surface area contributed by atoms with E-state index in [9.17, 15) is 9.90 Å². The molecule has 0 radical (unpaired) electrons. The summed E-state index contributed by atoms with van der Waals surface area (Å²) in [6.07, 6.45) is 1.45. The van der Waals surface area contributed by atoms with Crippen LogP contribution in [-0.4, -0.2) is 11.2 Å². The van der Waals surface area contributed by atoms with Gasteiger partial charge in [-0.05, 0) is 24.0 Å². The molecule has 0 aliphatic rings. The second kappa shape index (κ2) is 4.07. The van der Waals surface area contributed by atoms with E-state index in [-0.39, 0.29) is 11.7 Å². The Morgan fingerprint density at radius 1 is 1.43 bits per heavy atom. The molecule has 74 valence electrons. The standard InChI is InChI=1S/C11H13NO2/c1-7(2)9-5-4-8(3)10(11(9)14)12-6-13/h4-5,7,14H,1-3H3. The van der Waals surface area contributed by atoms with Crippen molar-refractivity contribution in [1.29, 1.82) is 0 Å². The lowest BCUT2D eigenvalue weighted by Gasteiger charge is -2.10. The number of phenols is 1. The Balaban J connectivity index is 3.40. The van der Waals surface area contributed by atoms with Gasteiger partial charge in [0.05, 0.1) is 0 Å². The van der Waals surface area contributed by atoms with Gasteiger partial charge in [0.25, 0.3) is 0 Å². The minimum absolute atomic E-state index is 0.0864. The summed E-state index contributed by atoms with van der Waals surface area (Å²) in [5, 5.41) is 9.80. The summed E-state index contributed by atoms with van der Waals surface area (Å²) in [6, 6.07) is 3.68. The molecule has 0 atom stereocenters. The highest BCUT2D eigenvalue weighted by Crippen LogP contribution is 2.36. The Hall–Kier alpha value is -1.60. The monoisotopic (exact) mass is 191 g/mol. The van der Waals surface area contributed by atoms with Crippen molar-refractivity contribution in [3.8, 4) is 5.75 Å². The van der Waals surface area contributed by atoms with Gasteiger partial charge in [-0.3, -0.25) is 0 Å². The molecule has 0 spiro atoms. The van der Waals surface area contributed by atoms with E-state index < -0.39 is 0 Å². The Bertz CT molecular complexity index is 391. The maximum atomic E-state index is 10.2. The van der Waals surface area contributed by atoms with Crippen molar-refractivity contribution in [3.05, 3.63) is 23.3 Å². The van der Waals surface area contributed by atoms with Gasteiger partial charge in [0.15, 0.2) is 0 Å². The molecule has 1 rings (SSSR count). The largest absolute Gasteiger partial charge is 0.505 e. The summed E-state index contributed by atoms with van der Waals surface area (Å²) in [7, 11) is 0. The third kappa shape index (κ3) is 1.83. The molecule has 0 bridgehead atoms. The molecule has 1 aromatic carbocycles. The number of aryl methyl sites for hydroxylation is 1. The highest BCUT2D eigenvalue weighted by Gasteiger charge is 2.11. The van der Waals surface area contributed by atoms with Crippen LogP contribution in [0.3, 0.4) is 0 Å². The lowest BCUT2D eigenvalue weighted by atomic mass is 9.99. The number of isocyanates is 1. The van der Waals surface area contributed by atoms with Crippen molar-refractivity contribution in [2.45, 2.75) is 26.7 Å². The topological polar surface area (TPSA) is 49.7 Å². The van der Waals surface area contributed by atoms with E-state index >= 15 is 0 Å². The summed E-state index contributed by atoms with van der Waals surface area (Å²) >= 11 is 0. The predicted octanol–water partition coefficient (Wildman–Crippen LogP) is 2.79. The SMILES string of the molecule is Cc1ccc(C(C)C)c(O)c1N=C=O. The zero-order chi connectivity index (χ0) is 10.7. The number of rotatable bonds is 2. The van der Waals surface area contributed by atoms with E-state index in [0.717, 1.165) is 11.1 Å². The van der Waals surface area contributed by atoms with Crippen molar-refractivity contribution < 1.29 is 9.90 Å². The number of hydrogen-bond donors (Lipinski definition) is 1. The maximum absolute atomic E-state index is 10.2. The van der Waals surface area contributed by atoms with E-state index in [4.69, 9.17) is 0 Å². The fourth-order valence-corrected chi connectivity index (χ4v) is 1.35.